The van der Waals surface area contributed by atoms with Gasteiger partial charge in [0, 0.05) is 12.0 Å². The second-order valence-corrected chi connectivity index (χ2v) is 3.02. The molecule has 2 heteroatoms. The predicted octanol–water partition coefficient (Wildman–Crippen LogP) is 1.74. The van der Waals surface area contributed by atoms with E-state index in [9.17, 15) is 4.79 Å². The maximum Gasteiger partial charge on any atom is 0.167 e. The van der Waals surface area contributed by atoms with Crippen molar-refractivity contribution < 1.29 is 9.53 Å². The molecule has 1 aromatic rings. The van der Waals surface area contributed by atoms with Gasteiger partial charge in [0.15, 0.2) is 5.78 Å². The van der Waals surface area contributed by atoms with Crippen molar-refractivity contribution in [3.05, 3.63) is 28.8 Å². The third-order valence-corrected chi connectivity index (χ3v) is 2.41. The van der Waals surface area contributed by atoms with Gasteiger partial charge in [-0.1, -0.05) is 0 Å². The summed E-state index contributed by atoms with van der Waals surface area (Å²) in [5.74, 6) is 1.12. The van der Waals surface area contributed by atoms with Gasteiger partial charge < -0.3 is 4.74 Å². The van der Waals surface area contributed by atoms with Crippen molar-refractivity contribution in [2.24, 2.45) is 0 Å². The van der Waals surface area contributed by atoms with Gasteiger partial charge in [0.2, 0.25) is 0 Å². The number of carbonyl (C=O) groups excluding carboxylic acids is 1. The molecule has 1 aliphatic rings. The standard InChI is InChI=1S/C10H10O2/c1-6-8-5-9(11)7(8)3-4-10(6)12-2/h3-4H,5H2,1-2H3. The molecule has 0 saturated heterocycles. The highest BCUT2D eigenvalue weighted by Crippen LogP contribution is 2.31. The number of fused-ring (bicyclic) bond motifs is 1. The molecule has 0 N–H and O–H groups in total. The van der Waals surface area contributed by atoms with Crippen LogP contribution in [-0.2, 0) is 6.42 Å². The monoisotopic (exact) mass is 162 g/mol. The van der Waals surface area contributed by atoms with Crippen LogP contribution in [0.3, 0.4) is 0 Å². The molecule has 0 spiro atoms. The van der Waals surface area contributed by atoms with E-state index < -0.39 is 0 Å². The number of rotatable bonds is 1. The second kappa shape index (κ2) is 2.34. The molecule has 0 fully saturated rings. The van der Waals surface area contributed by atoms with E-state index in [1.165, 1.54) is 0 Å². The van der Waals surface area contributed by atoms with Gasteiger partial charge in [-0.3, -0.25) is 4.79 Å². The lowest BCUT2D eigenvalue weighted by Gasteiger charge is -2.21. The first kappa shape index (κ1) is 7.35. The molecule has 0 aliphatic heterocycles. The smallest absolute Gasteiger partial charge is 0.167 e. The van der Waals surface area contributed by atoms with Crippen LogP contribution in [0.5, 0.6) is 5.75 Å². The maximum atomic E-state index is 11.0. The molecule has 2 nitrogen and oxygen atoms in total. The Morgan fingerprint density at radius 3 is 2.75 bits per heavy atom. The zero-order valence-electron chi connectivity index (χ0n) is 7.18. The fourth-order valence-corrected chi connectivity index (χ4v) is 1.59. The van der Waals surface area contributed by atoms with Crippen LogP contribution in [0.1, 0.15) is 21.5 Å². The molecule has 0 saturated carbocycles. The normalized spacial score (nSPS) is 13.7. The minimum absolute atomic E-state index is 0.246. The van der Waals surface area contributed by atoms with E-state index in [0.29, 0.717) is 6.42 Å². The lowest BCUT2D eigenvalue weighted by molar-refractivity contribution is 0.0967. The Balaban J connectivity index is 2.57. The van der Waals surface area contributed by atoms with Gasteiger partial charge in [-0.05, 0) is 30.2 Å². The first-order valence-corrected chi connectivity index (χ1v) is 3.93. The summed E-state index contributed by atoms with van der Waals surface area (Å²) in [5, 5.41) is 0. The van der Waals surface area contributed by atoms with E-state index in [-0.39, 0.29) is 5.78 Å². The van der Waals surface area contributed by atoms with Gasteiger partial charge >= 0.3 is 0 Å². The molecular formula is C10H10O2. The highest BCUT2D eigenvalue weighted by Gasteiger charge is 2.25. The van der Waals surface area contributed by atoms with Crippen molar-refractivity contribution in [1.29, 1.82) is 0 Å². The van der Waals surface area contributed by atoms with E-state index in [1.54, 1.807) is 7.11 Å². The van der Waals surface area contributed by atoms with Crippen molar-refractivity contribution in [2.75, 3.05) is 7.11 Å². The minimum Gasteiger partial charge on any atom is -0.496 e. The van der Waals surface area contributed by atoms with E-state index in [2.05, 4.69) is 0 Å². The fraction of sp³-hybridized carbons (Fsp3) is 0.300. The van der Waals surface area contributed by atoms with E-state index in [4.69, 9.17) is 4.74 Å². The SMILES string of the molecule is COc1ccc2c(c1C)CC2=O. The molecule has 1 aliphatic carbocycles. The number of hydrogen-bond donors (Lipinski definition) is 0. The molecular weight excluding hydrogens is 152 g/mol. The van der Waals surface area contributed by atoms with Crippen molar-refractivity contribution in [2.45, 2.75) is 13.3 Å². The van der Waals surface area contributed by atoms with Crippen molar-refractivity contribution in [3.8, 4) is 5.75 Å². The molecule has 62 valence electrons. The van der Waals surface area contributed by atoms with Crippen LogP contribution in [0, 0.1) is 6.92 Å². The number of Topliss-reactive ketones (excluding diaryl/α,β-unsaturated/α-hetero) is 1. The van der Waals surface area contributed by atoms with Gasteiger partial charge in [0.25, 0.3) is 0 Å². The van der Waals surface area contributed by atoms with E-state index in [0.717, 1.165) is 22.4 Å². The zero-order valence-corrected chi connectivity index (χ0v) is 7.18. The molecule has 12 heavy (non-hydrogen) atoms. The second-order valence-electron chi connectivity index (χ2n) is 3.02. The van der Waals surface area contributed by atoms with Crippen LogP contribution in [0.25, 0.3) is 0 Å². The highest BCUT2D eigenvalue weighted by molar-refractivity contribution is 6.07. The number of methoxy groups -OCH3 is 1. The average Bonchev–Trinajstić information content (AvgIpc) is 2.06. The van der Waals surface area contributed by atoms with Crippen LogP contribution < -0.4 is 4.74 Å². The Bertz CT molecular complexity index is 353. The lowest BCUT2D eigenvalue weighted by Crippen LogP contribution is -2.20. The Kier molecular flexibility index (Phi) is 1.43. The van der Waals surface area contributed by atoms with Gasteiger partial charge in [0.05, 0.1) is 7.11 Å². The molecule has 0 bridgehead atoms. The molecule has 0 radical (unpaired) electrons. The first-order valence-electron chi connectivity index (χ1n) is 3.93. The van der Waals surface area contributed by atoms with Crippen molar-refractivity contribution >= 4 is 5.78 Å². The summed E-state index contributed by atoms with van der Waals surface area (Å²) in [6.07, 6.45) is 0.582. The van der Waals surface area contributed by atoms with E-state index in [1.807, 2.05) is 19.1 Å². The summed E-state index contributed by atoms with van der Waals surface area (Å²) < 4.78 is 5.14. The third kappa shape index (κ3) is 0.779. The molecule has 0 unspecified atom stereocenters. The summed E-state index contributed by atoms with van der Waals surface area (Å²) in [6.45, 7) is 1.99. The number of ether oxygens (including phenoxy) is 1. The Hall–Kier alpha value is -1.31. The van der Waals surface area contributed by atoms with Gasteiger partial charge in [-0.15, -0.1) is 0 Å². The molecule has 0 aromatic heterocycles. The van der Waals surface area contributed by atoms with Gasteiger partial charge in [0.1, 0.15) is 5.75 Å². The van der Waals surface area contributed by atoms with Gasteiger partial charge in [-0.25, -0.2) is 0 Å². The van der Waals surface area contributed by atoms with Crippen LogP contribution in [0.2, 0.25) is 0 Å². The highest BCUT2D eigenvalue weighted by atomic mass is 16.5. The lowest BCUT2D eigenvalue weighted by atomic mass is 9.83. The van der Waals surface area contributed by atoms with Crippen LogP contribution in [0.4, 0.5) is 0 Å². The summed E-state index contributed by atoms with van der Waals surface area (Å²) >= 11 is 0. The quantitative estimate of drug-likeness (QED) is 0.628. The summed E-state index contributed by atoms with van der Waals surface area (Å²) in [4.78, 5) is 11.0. The zero-order chi connectivity index (χ0) is 8.72. The summed E-state index contributed by atoms with van der Waals surface area (Å²) in [7, 11) is 1.65. The first-order chi connectivity index (χ1) is 5.74. The maximum absolute atomic E-state index is 11.0. The molecule has 0 amide bonds. The Morgan fingerprint density at radius 1 is 1.42 bits per heavy atom. The van der Waals surface area contributed by atoms with Crippen molar-refractivity contribution in [3.63, 3.8) is 0 Å². The number of carbonyl (C=O) groups is 1. The molecule has 0 heterocycles. The Labute approximate surface area is 71.2 Å². The molecule has 0 atom stereocenters. The fourth-order valence-electron chi connectivity index (χ4n) is 1.59. The summed E-state index contributed by atoms with van der Waals surface area (Å²) in [6, 6.07) is 3.69. The Morgan fingerprint density at radius 2 is 2.17 bits per heavy atom. The minimum atomic E-state index is 0.246. The van der Waals surface area contributed by atoms with Crippen molar-refractivity contribution in [1.82, 2.24) is 0 Å². The number of hydrogen-bond acceptors (Lipinski definition) is 2. The topological polar surface area (TPSA) is 26.3 Å². The number of ketones is 1. The third-order valence-electron chi connectivity index (χ3n) is 2.41. The number of benzene rings is 1. The van der Waals surface area contributed by atoms with Gasteiger partial charge in [-0.2, -0.15) is 0 Å². The average molecular weight is 162 g/mol. The predicted molar refractivity (Wildman–Crippen MR) is 45.8 cm³/mol. The van der Waals surface area contributed by atoms with E-state index >= 15 is 0 Å². The van der Waals surface area contributed by atoms with Crippen LogP contribution in [0.15, 0.2) is 12.1 Å². The molecule has 2 rings (SSSR count). The largest absolute Gasteiger partial charge is 0.496 e. The molecule has 1 aromatic carbocycles. The van der Waals surface area contributed by atoms with Crippen LogP contribution >= 0.6 is 0 Å². The summed E-state index contributed by atoms with van der Waals surface area (Å²) in [5.41, 5.74) is 3.13. The van der Waals surface area contributed by atoms with Crippen LogP contribution in [-0.4, -0.2) is 12.9 Å².